The van der Waals surface area contributed by atoms with Gasteiger partial charge < -0.3 is 0 Å². The standard InChI is InChI=1S/C14H15N3O5/c1-2-3-8-15-12(18)13(19)16(14(15)20)9-10-4-6-11(7-5-10)17(21)22/h4-7H,2-3,8-9H2,1H3. The van der Waals surface area contributed by atoms with Crippen molar-refractivity contribution >= 4 is 23.5 Å². The topological polar surface area (TPSA) is 101 Å². The van der Waals surface area contributed by atoms with E-state index in [0.29, 0.717) is 12.0 Å². The normalized spacial score (nSPS) is 14.9. The van der Waals surface area contributed by atoms with Crippen LogP contribution in [0.3, 0.4) is 0 Å². The average Bonchev–Trinajstić information content (AvgIpc) is 2.70. The Morgan fingerprint density at radius 3 is 2.18 bits per heavy atom. The largest absolute Gasteiger partial charge is 0.334 e. The highest BCUT2D eigenvalue weighted by Crippen LogP contribution is 2.18. The van der Waals surface area contributed by atoms with Crippen LogP contribution in [-0.4, -0.2) is 39.1 Å². The fraction of sp³-hybridized carbons (Fsp3) is 0.357. The Balaban J connectivity index is 2.12. The molecule has 2 rings (SSSR count). The van der Waals surface area contributed by atoms with E-state index in [1.165, 1.54) is 24.3 Å². The lowest BCUT2D eigenvalue weighted by Gasteiger charge is -2.15. The smallest absolute Gasteiger partial charge is 0.263 e. The van der Waals surface area contributed by atoms with E-state index in [0.717, 1.165) is 16.2 Å². The average molecular weight is 305 g/mol. The molecule has 0 saturated carbocycles. The molecule has 0 N–H and O–H groups in total. The summed E-state index contributed by atoms with van der Waals surface area (Å²) in [6, 6.07) is 4.85. The zero-order chi connectivity index (χ0) is 16.3. The highest BCUT2D eigenvalue weighted by molar-refractivity contribution is 6.44. The molecule has 1 aliphatic rings. The highest BCUT2D eigenvalue weighted by Gasteiger charge is 2.43. The predicted molar refractivity (Wildman–Crippen MR) is 75.7 cm³/mol. The van der Waals surface area contributed by atoms with Crippen molar-refractivity contribution in [2.75, 3.05) is 6.54 Å². The molecule has 0 unspecified atom stereocenters. The quantitative estimate of drug-likeness (QED) is 0.344. The number of nitro benzene ring substituents is 1. The van der Waals surface area contributed by atoms with E-state index in [1.54, 1.807) is 0 Å². The van der Waals surface area contributed by atoms with Gasteiger partial charge in [-0.1, -0.05) is 25.5 Å². The van der Waals surface area contributed by atoms with Crippen molar-refractivity contribution in [2.24, 2.45) is 0 Å². The monoisotopic (exact) mass is 305 g/mol. The van der Waals surface area contributed by atoms with Gasteiger partial charge in [0.05, 0.1) is 11.5 Å². The second-order valence-electron chi connectivity index (χ2n) is 4.91. The molecular formula is C14H15N3O5. The number of hydrogen-bond acceptors (Lipinski definition) is 5. The summed E-state index contributed by atoms with van der Waals surface area (Å²) >= 11 is 0. The summed E-state index contributed by atoms with van der Waals surface area (Å²) in [5, 5.41) is 10.6. The van der Waals surface area contributed by atoms with Crippen molar-refractivity contribution in [1.82, 2.24) is 9.80 Å². The van der Waals surface area contributed by atoms with Crippen molar-refractivity contribution in [3.8, 4) is 0 Å². The molecule has 1 heterocycles. The van der Waals surface area contributed by atoms with Crippen molar-refractivity contribution < 1.29 is 19.3 Å². The van der Waals surface area contributed by atoms with Crippen molar-refractivity contribution in [3.05, 3.63) is 39.9 Å². The maximum Gasteiger partial charge on any atom is 0.334 e. The van der Waals surface area contributed by atoms with E-state index in [4.69, 9.17) is 0 Å². The Bertz CT molecular complexity index is 626. The summed E-state index contributed by atoms with van der Waals surface area (Å²) in [5.74, 6) is -1.68. The van der Waals surface area contributed by atoms with Gasteiger partial charge in [-0.3, -0.25) is 29.5 Å². The number of urea groups is 1. The van der Waals surface area contributed by atoms with Gasteiger partial charge in [0.15, 0.2) is 0 Å². The first-order valence-corrected chi connectivity index (χ1v) is 6.86. The minimum atomic E-state index is -0.862. The molecule has 8 nitrogen and oxygen atoms in total. The van der Waals surface area contributed by atoms with Gasteiger partial charge in [-0.2, -0.15) is 0 Å². The molecule has 8 heteroatoms. The van der Waals surface area contributed by atoms with Gasteiger partial charge in [-0.15, -0.1) is 0 Å². The van der Waals surface area contributed by atoms with E-state index in [9.17, 15) is 24.5 Å². The maximum absolute atomic E-state index is 12.1. The third kappa shape index (κ3) is 2.95. The zero-order valence-electron chi connectivity index (χ0n) is 12.0. The number of amides is 4. The summed E-state index contributed by atoms with van der Waals surface area (Å²) in [5.41, 5.74) is 0.459. The molecule has 0 radical (unpaired) electrons. The minimum absolute atomic E-state index is 0.0793. The summed E-state index contributed by atoms with van der Waals surface area (Å²) in [6.07, 6.45) is 1.43. The van der Waals surface area contributed by atoms with Crippen LogP contribution in [-0.2, 0) is 16.1 Å². The third-order valence-electron chi connectivity index (χ3n) is 3.36. The first kappa shape index (κ1) is 15.6. The maximum atomic E-state index is 12.1. The number of non-ortho nitro benzene ring substituents is 1. The van der Waals surface area contributed by atoms with Crippen molar-refractivity contribution in [1.29, 1.82) is 0 Å². The van der Waals surface area contributed by atoms with E-state index < -0.39 is 22.8 Å². The third-order valence-corrected chi connectivity index (χ3v) is 3.36. The van der Waals surface area contributed by atoms with E-state index in [1.807, 2.05) is 6.92 Å². The molecule has 22 heavy (non-hydrogen) atoms. The molecule has 0 spiro atoms. The van der Waals surface area contributed by atoms with Crippen LogP contribution in [0.25, 0.3) is 0 Å². The number of carbonyl (C=O) groups excluding carboxylic acids is 3. The van der Waals surface area contributed by atoms with E-state index in [2.05, 4.69) is 0 Å². The van der Waals surface area contributed by atoms with Crippen LogP contribution >= 0.6 is 0 Å². The van der Waals surface area contributed by atoms with Gasteiger partial charge in [0.1, 0.15) is 0 Å². The first-order chi connectivity index (χ1) is 10.5. The summed E-state index contributed by atoms with van der Waals surface area (Å²) in [7, 11) is 0. The molecule has 1 fully saturated rings. The molecule has 0 bridgehead atoms. The predicted octanol–water partition coefficient (Wildman–Crippen LogP) is 1.69. The molecule has 1 saturated heterocycles. The number of rotatable bonds is 6. The lowest BCUT2D eigenvalue weighted by molar-refractivity contribution is -0.384. The van der Waals surface area contributed by atoms with Gasteiger partial charge in [0.2, 0.25) is 0 Å². The van der Waals surface area contributed by atoms with Gasteiger partial charge in [-0.05, 0) is 12.0 Å². The van der Waals surface area contributed by atoms with E-state index in [-0.39, 0.29) is 18.8 Å². The van der Waals surface area contributed by atoms with Crippen molar-refractivity contribution in [3.63, 3.8) is 0 Å². The van der Waals surface area contributed by atoms with Gasteiger partial charge in [0, 0.05) is 18.7 Å². The molecule has 0 aliphatic carbocycles. The Morgan fingerprint density at radius 2 is 1.64 bits per heavy atom. The van der Waals surface area contributed by atoms with E-state index >= 15 is 0 Å². The number of nitro groups is 1. The summed E-state index contributed by atoms with van der Waals surface area (Å²) < 4.78 is 0. The second kappa shape index (κ2) is 6.33. The molecule has 1 aliphatic heterocycles. The number of benzene rings is 1. The first-order valence-electron chi connectivity index (χ1n) is 6.86. The molecule has 0 atom stereocenters. The van der Waals surface area contributed by atoms with Crippen LogP contribution in [0.15, 0.2) is 24.3 Å². The Labute approximate surface area is 126 Å². The van der Waals surface area contributed by atoms with Crippen LogP contribution in [0.5, 0.6) is 0 Å². The van der Waals surface area contributed by atoms with Crippen LogP contribution in [0.1, 0.15) is 25.3 Å². The fourth-order valence-corrected chi connectivity index (χ4v) is 2.11. The number of carbonyl (C=O) groups is 3. The van der Waals surface area contributed by atoms with Crippen LogP contribution < -0.4 is 0 Å². The summed E-state index contributed by atoms with van der Waals surface area (Å²) in [4.78, 5) is 47.6. The second-order valence-corrected chi connectivity index (χ2v) is 4.91. The molecule has 1 aromatic rings. The minimum Gasteiger partial charge on any atom is -0.263 e. The Hall–Kier alpha value is -2.77. The fourth-order valence-electron chi connectivity index (χ4n) is 2.11. The van der Waals surface area contributed by atoms with Crippen LogP contribution in [0.4, 0.5) is 10.5 Å². The number of unbranched alkanes of at least 4 members (excludes halogenated alkanes) is 1. The van der Waals surface area contributed by atoms with Gasteiger partial charge in [0.25, 0.3) is 5.69 Å². The highest BCUT2D eigenvalue weighted by atomic mass is 16.6. The molecule has 1 aromatic carbocycles. The number of nitrogens with zero attached hydrogens (tertiary/aromatic N) is 3. The Kier molecular flexibility index (Phi) is 4.50. The Morgan fingerprint density at radius 1 is 1.05 bits per heavy atom. The SMILES string of the molecule is CCCCN1C(=O)C(=O)N(Cc2ccc([N+](=O)[O-])cc2)C1=O. The lowest BCUT2D eigenvalue weighted by atomic mass is 10.2. The molecular weight excluding hydrogens is 290 g/mol. The van der Waals surface area contributed by atoms with Crippen molar-refractivity contribution in [2.45, 2.75) is 26.3 Å². The van der Waals surface area contributed by atoms with Gasteiger partial charge >= 0.3 is 17.8 Å². The zero-order valence-corrected chi connectivity index (χ0v) is 12.0. The van der Waals surface area contributed by atoms with Crippen LogP contribution in [0.2, 0.25) is 0 Å². The summed E-state index contributed by atoms with van der Waals surface area (Å²) in [6.45, 7) is 2.06. The lowest BCUT2D eigenvalue weighted by Crippen LogP contribution is -2.33. The number of hydrogen-bond donors (Lipinski definition) is 0. The molecule has 4 amide bonds. The molecule has 116 valence electrons. The van der Waals surface area contributed by atoms with Gasteiger partial charge in [-0.25, -0.2) is 4.79 Å². The number of imide groups is 2. The molecule has 0 aromatic heterocycles. The van der Waals surface area contributed by atoms with Crippen LogP contribution in [0, 0.1) is 10.1 Å².